The maximum Gasteiger partial charge on any atom is 0.151 e. The lowest BCUT2D eigenvalue weighted by Crippen LogP contribution is -2.08. The van der Waals surface area contributed by atoms with Crippen molar-refractivity contribution in [2.24, 2.45) is 0 Å². The minimum atomic E-state index is -0.201. The summed E-state index contributed by atoms with van der Waals surface area (Å²) in [5.74, 6) is 0.670. The molecule has 0 fully saturated rings. The van der Waals surface area contributed by atoms with Crippen LogP contribution in [0, 0.1) is 5.82 Å². The summed E-state index contributed by atoms with van der Waals surface area (Å²) < 4.78 is 15.1. The SMILES string of the molecule is Fc1ccc(CCNc2nc3ccccc3n3cccc23)cc1. The van der Waals surface area contributed by atoms with E-state index >= 15 is 0 Å². The van der Waals surface area contributed by atoms with Gasteiger partial charge in [0.25, 0.3) is 0 Å². The van der Waals surface area contributed by atoms with Gasteiger partial charge < -0.3 is 9.72 Å². The summed E-state index contributed by atoms with van der Waals surface area (Å²) in [6, 6.07) is 18.8. The van der Waals surface area contributed by atoms with Crippen LogP contribution in [0.15, 0.2) is 66.9 Å². The molecule has 0 atom stereocenters. The van der Waals surface area contributed by atoms with Crippen molar-refractivity contribution in [3.8, 4) is 0 Å². The lowest BCUT2D eigenvalue weighted by Gasteiger charge is -2.10. The van der Waals surface area contributed by atoms with Crippen LogP contribution < -0.4 is 5.32 Å². The Balaban J connectivity index is 1.60. The molecule has 0 aliphatic carbocycles. The number of anilines is 1. The number of para-hydroxylation sites is 2. The van der Waals surface area contributed by atoms with Gasteiger partial charge in [-0.15, -0.1) is 0 Å². The van der Waals surface area contributed by atoms with Crippen LogP contribution in [0.1, 0.15) is 5.56 Å². The number of halogens is 1. The highest BCUT2D eigenvalue weighted by molar-refractivity contribution is 5.84. The molecule has 0 radical (unpaired) electrons. The first-order valence-electron chi connectivity index (χ1n) is 7.65. The van der Waals surface area contributed by atoms with Crippen LogP contribution in [0.2, 0.25) is 0 Å². The summed E-state index contributed by atoms with van der Waals surface area (Å²) in [6.45, 7) is 0.748. The topological polar surface area (TPSA) is 29.3 Å². The van der Waals surface area contributed by atoms with Crippen LogP contribution in [0.4, 0.5) is 10.2 Å². The largest absolute Gasteiger partial charge is 0.368 e. The van der Waals surface area contributed by atoms with Crippen molar-refractivity contribution < 1.29 is 4.39 Å². The third kappa shape index (κ3) is 2.63. The average molecular weight is 305 g/mol. The second kappa shape index (κ2) is 5.72. The average Bonchev–Trinajstić information content (AvgIpc) is 3.07. The van der Waals surface area contributed by atoms with E-state index in [9.17, 15) is 4.39 Å². The Bertz CT molecular complexity index is 957. The number of hydrogen-bond acceptors (Lipinski definition) is 2. The number of rotatable bonds is 4. The summed E-state index contributed by atoms with van der Waals surface area (Å²) in [4.78, 5) is 4.73. The van der Waals surface area contributed by atoms with Crippen LogP contribution >= 0.6 is 0 Å². The summed E-state index contributed by atoms with van der Waals surface area (Å²) in [7, 11) is 0. The van der Waals surface area contributed by atoms with E-state index in [1.807, 2.05) is 42.6 Å². The molecule has 0 aliphatic rings. The Labute approximate surface area is 133 Å². The zero-order chi connectivity index (χ0) is 15.6. The van der Waals surface area contributed by atoms with Crippen LogP contribution in [-0.2, 0) is 6.42 Å². The Morgan fingerprint density at radius 2 is 1.70 bits per heavy atom. The second-order valence-corrected chi connectivity index (χ2v) is 5.52. The van der Waals surface area contributed by atoms with Gasteiger partial charge in [-0.1, -0.05) is 24.3 Å². The Morgan fingerprint density at radius 1 is 0.913 bits per heavy atom. The predicted molar refractivity (Wildman–Crippen MR) is 91.3 cm³/mol. The molecule has 0 saturated carbocycles. The molecule has 3 nitrogen and oxygen atoms in total. The zero-order valence-electron chi connectivity index (χ0n) is 12.5. The van der Waals surface area contributed by atoms with Gasteiger partial charge in [0.2, 0.25) is 0 Å². The molecular weight excluding hydrogens is 289 g/mol. The van der Waals surface area contributed by atoms with Crippen molar-refractivity contribution in [2.45, 2.75) is 6.42 Å². The number of aromatic nitrogens is 2. The van der Waals surface area contributed by atoms with Crippen molar-refractivity contribution in [3.63, 3.8) is 0 Å². The monoisotopic (exact) mass is 305 g/mol. The number of benzene rings is 2. The summed E-state index contributed by atoms with van der Waals surface area (Å²) in [5, 5.41) is 3.40. The summed E-state index contributed by atoms with van der Waals surface area (Å²) in [6.07, 6.45) is 2.87. The first-order valence-corrected chi connectivity index (χ1v) is 7.65. The lowest BCUT2D eigenvalue weighted by atomic mass is 10.1. The van der Waals surface area contributed by atoms with Crippen LogP contribution in [0.25, 0.3) is 16.6 Å². The van der Waals surface area contributed by atoms with Crippen LogP contribution in [0.3, 0.4) is 0 Å². The Morgan fingerprint density at radius 3 is 2.57 bits per heavy atom. The summed E-state index contributed by atoms with van der Waals surface area (Å²) in [5.41, 5.74) is 4.21. The van der Waals surface area contributed by atoms with Crippen molar-refractivity contribution in [1.82, 2.24) is 9.38 Å². The van der Waals surface area contributed by atoms with Crippen molar-refractivity contribution >= 4 is 22.4 Å². The maximum absolute atomic E-state index is 12.9. The van der Waals surface area contributed by atoms with Gasteiger partial charge in [0.1, 0.15) is 5.82 Å². The molecule has 0 spiro atoms. The van der Waals surface area contributed by atoms with Crippen molar-refractivity contribution in [1.29, 1.82) is 0 Å². The van der Waals surface area contributed by atoms with Crippen molar-refractivity contribution in [3.05, 3.63) is 78.2 Å². The van der Waals surface area contributed by atoms with Gasteiger partial charge in [-0.25, -0.2) is 9.37 Å². The minimum absolute atomic E-state index is 0.201. The third-order valence-corrected chi connectivity index (χ3v) is 3.98. The molecule has 1 N–H and O–H groups in total. The van der Waals surface area contributed by atoms with Gasteiger partial charge in [0.15, 0.2) is 5.82 Å². The van der Waals surface area contributed by atoms with E-state index in [1.54, 1.807) is 0 Å². The molecule has 0 aliphatic heterocycles. The molecule has 0 amide bonds. The fourth-order valence-corrected chi connectivity index (χ4v) is 2.83. The van der Waals surface area contributed by atoms with Crippen LogP contribution in [-0.4, -0.2) is 15.9 Å². The fourth-order valence-electron chi connectivity index (χ4n) is 2.83. The smallest absolute Gasteiger partial charge is 0.151 e. The van der Waals surface area contributed by atoms with Gasteiger partial charge >= 0.3 is 0 Å². The molecule has 0 unspecified atom stereocenters. The van der Waals surface area contributed by atoms with Gasteiger partial charge in [-0.3, -0.25) is 0 Å². The number of nitrogens with zero attached hydrogens (tertiary/aromatic N) is 2. The predicted octanol–water partition coefficient (Wildman–Crippen LogP) is 4.28. The van der Waals surface area contributed by atoms with E-state index in [4.69, 9.17) is 4.98 Å². The Kier molecular flexibility index (Phi) is 3.42. The highest BCUT2D eigenvalue weighted by Crippen LogP contribution is 2.22. The maximum atomic E-state index is 12.9. The molecule has 2 heterocycles. The second-order valence-electron chi connectivity index (χ2n) is 5.52. The van der Waals surface area contributed by atoms with E-state index < -0.39 is 0 Å². The van der Waals surface area contributed by atoms with E-state index in [1.165, 1.54) is 12.1 Å². The number of nitrogens with one attached hydrogen (secondary N) is 1. The van der Waals surface area contributed by atoms with Gasteiger partial charge in [-0.2, -0.15) is 0 Å². The molecule has 0 bridgehead atoms. The molecular formula is C19H16FN3. The number of fused-ring (bicyclic) bond motifs is 3. The normalized spacial score (nSPS) is 11.2. The molecule has 2 aromatic carbocycles. The van der Waals surface area contributed by atoms with Crippen molar-refractivity contribution in [2.75, 3.05) is 11.9 Å². The van der Waals surface area contributed by atoms with E-state index in [0.29, 0.717) is 0 Å². The van der Waals surface area contributed by atoms with E-state index in [0.717, 1.165) is 40.9 Å². The first kappa shape index (κ1) is 13.8. The first-order chi connectivity index (χ1) is 11.3. The minimum Gasteiger partial charge on any atom is -0.368 e. The zero-order valence-corrected chi connectivity index (χ0v) is 12.5. The quantitative estimate of drug-likeness (QED) is 0.610. The molecule has 2 aromatic heterocycles. The summed E-state index contributed by atoms with van der Waals surface area (Å²) >= 11 is 0. The van der Waals surface area contributed by atoms with Gasteiger partial charge in [0.05, 0.1) is 16.6 Å². The van der Waals surface area contributed by atoms with Gasteiger partial charge in [0, 0.05) is 12.7 Å². The molecule has 4 heteroatoms. The standard InChI is InChI=1S/C19H16FN3/c20-15-9-7-14(8-10-15)11-12-21-19-18-6-3-13-23(18)17-5-2-1-4-16(17)22-19/h1-10,13H,11-12H2,(H,21,22). The van der Waals surface area contributed by atoms with E-state index in [-0.39, 0.29) is 5.82 Å². The highest BCUT2D eigenvalue weighted by atomic mass is 19.1. The molecule has 4 rings (SSSR count). The fraction of sp³-hybridized carbons (Fsp3) is 0.105. The highest BCUT2D eigenvalue weighted by Gasteiger charge is 2.07. The molecule has 4 aromatic rings. The lowest BCUT2D eigenvalue weighted by molar-refractivity contribution is 0.627. The molecule has 23 heavy (non-hydrogen) atoms. The number of hydrogen-bond donors (Lipinski definition) is 1. The van der Waals surface area contributed by atoms with Crippen LogP contribution in [0.5, 0.6) is 0 Å². The molecule has 0 saturated heterocycles. The van der Waals surface area contributed by atoms with Gasteiger partial charge in [-0.05, 0) is 48.4 Å². The molecule has 114 valence electrons. The third-order valence-electron chi connectivity index (χ3n) is 3.98. The van der Waals surface area contributed by atoms with E-state index in [2.05, 4.69) is 21.9 Å². The Hall–Kier alpha value is -2.88.